The Kier molecular flexibility index (Phi) is 8.32. The van der Waals surface area contributed by atoms with Crippen molar-refractivity contribution < 1.29 is 28.7 Å². The number of carbonyl (C=O) groups is 5. The number of carbonyl (C=O) groups excluding carboxylic acids is 5. The van der Waals surface area contributed by atoms with Gasteiger partial charge < -0.3 is 10.1 Å². The second-order valence-corrected chi connectivity index (χ2v) is 14.3. The van der Waals surface area contributed by atoms with Crippen LogP contribution in [0.5, 0.6) is 0 Å². The van der Waals surface area contributed by atoms with Crippen LogP contribution in [0, 0.1) is 11.8 Å². The van der Waals surface area contributed by atoms with Gasteiger partial charge in [-0.1, -0.05) is 109 Å². The Morgan fingerprint density at radius 1 is 0.635 bits per heavy atom. The van der Waals surface area contributed by atoms with E-state index in [-0.39, 0.29) is 17.8 Å². The number of nitrogens with one attached hydrogen (secondary N) is 1. The van der Waals surface area contributed by atoms with E-state index in [1.165, 1.54) is 24.3 Å². The Morgan fingerprint density at radius 3 is 1.60 bits per heavy atom. The average molecular weight is 730 g/mol. The van der Waals surface area contributed by atoms with E-state index in [9.17, 15) is 24.0 Å². The van der Waals surface area contributed by atoms with Crippen LogP contribution in [0.1, 0.15) is 48.5 Å². The Balaban J connectivity index is 1.08. The first-order chi connectivity index (χ1) is 25.1. The summed E-state index contributed by atoms with van der Waals surface area (Å²) in [5.74, 6) is -4.92. The third-order valence-corrected chi connectivity index (χ3v) is 11.6. The van der Waals surface area contributed by atoms with Crippen LogP contribution in [-0.4, -0.2) is 47.0 Å². The van der Waals surface area contributed by atoms with E-state index in [2.05, 4.69) is 5.32 Å². The van der Waals surface area contributed by atoms with Gasteiger partial charge in [0.15, 0.2) is 12.4 Å². The first kappa shape index (κ1) is 33.6. The standard InChI is InChI=1S/C42H30Cl2N2O6/c43-41-29-15-7-8-16-30(29)42(44,32-18-10-9-17-31(32)41)36-35(41)38(49)46(39(36)50)33(23-25-11-3-1-4-12-25)37(48)45-28-21-19-27(20-22-28)40(51)52-24-34(47)26-13-5-2-6-14-26/h1-22,33,35-36H,23-24H2,(H,45,48)/t33-,35+,36+,41?,42?/m0/s1. The highest BCUT2D eigenvalue weighted by atomic mass is 35.5. The number of imide groups is 1. The number of ether oxygens (including phenoxy) is 1. The number of benzene rings is 5. The molecule has 0 saturated carbocycles. The van der Waals surface area contributed by atoms with Crippen molar-refractivity contribution in [1.82, 2.24) is 4.90 Å². The van der Waals surface area contributed by atoms with Crippen molar-refractivity contribution in [3.63, 3.8) is 0 Å². The Labute approximate surface area is 309 Å². The van der Waals surface area contributed by atoms with Crippen LogP contribution >= 0.6 is 23.2 Å². The van der Waals surface area contributed by atoms with Gasteiger partial charge in [-0.15, -0.1) is 23.2 Å². The minimum Gasteiger partial charge on any atom is -0.454 e. The normalized spacial score (nSPS) is 22.9. The van der Waals surface area contributed by atoms with Crippen molar-refractivity contribution in [2.75, 3.05) is 11.9 Å². The maximum atomic E-state index is 14.7. The molecule has 4 aliphatic rings. The summed E-state index contributed by atoms with van der Waals surface area (Å²) in [6.07, 6.45) is 0.0356. The first-order valence-corrected chi connectivity index (χ1v) is 17.5. The molecule has 1 N–H and O–H groups in total. The summed E-state index contributed by atoms with van der Waals surface area (Å²) >= 11 is 15.2. The van der Waals surface area contributed by atoms with E-state index in [4.69, 9.17) is 27.9 Å². The summed E-state index contributed by atoms with van der Waals surface area (Å²) in [4.78, 5) is 67.1. The molecule has 1 fully saturated rings. The second-order valence-electron chi connectivity index (χ2n) is 13.2. The van der Waals surface area contributed by atoms with E-state index in [0.29, 0.717) is 33.5 Å². The number of amides is 3. The van der Waals surface area contributed by atoms with Gasteiger partial charge in [0.05, 0.1) is 17.4 Å². The molecule has 52 heavy (non-hydrogen) atoms. The number of hydrogen-bond donors (Lipinski definition) is 1. The molecule has 3 aliphatic carbocycles. The van der Waals surface area contributed by atoms with Crippen molar-refractivity contribution in [3.8, 4) is 0 Å². The van der Waals surface area contributed by atoms with Crippen molar-refractivity contribution >= 4 is 58.4 Å². The molecule has 1 aliphatic heterocycles. The van der Waals surface area contributed by atoms with Crippen LogP contribution in [0.2, 0.25) is 0 Å². The molecule has 2 bridgehead atoms. The predicted molar refractivity (Wildman–Crippen MR) is 195 cm³/mol. The van der Waals surface area contributed by atoms with Gasteiger partial charge in [-0.25, -0.2) is 4.79 Å². The van der Waals surface area contributed by atoms with Gasteiger partial charge in [-0.2, -0.15) is 0 Å². The lowest BCUT2D eigenvalue weighted by atomic mass is 9.54. The topological polar surface area (TPSA) is 110 Å². The van der Waals surface area contributed by atoms with Gasteiger partial charge in [0.1, 0.15) is 15.8 Å². The van der Waals surface area contributed by atoms with Crippen molar-refractivity contribution in [2.45, 2.75) is 22.2 Å². The SMILES string of the molecule is O=C(COC(=O)c1ccc(NC(=O)[C@H](Cc2ccccc2)N2C(=O)[C@H]3[C@H](C2=O)C2(Cl)c4ccccc4C3(Cl)c3ccccc32)cc1)c1ccccc1. The number of alkyl halides is 2. The molecular formula is C42H30Cl2N2O6. The molecule has 9 rings (SSSR count). The fourth-order valence-electron chi connectivity index (χ4n) is 7.97. The number of likely N-dealkylation sites (tertiary alicyclic amines) is 1. The summed E-state index contributed by atoms with van der Waals surface area (Å²) in [5.41, 5.74) is 4.32. The molecule has 3 amide bonds. The summed E-state index contributed by atoms with van der Waals surface area (Å²) in [6.45, 7) is -0.425. The van der Waals surface area contributed by atoms with Crippen LogP contribution in [-0.2, 0) is 35.3 Å². The lowest BCUT2D eigenvalue weighted by Gasteiger charge is -2.54. The summed E-state index contributed by atoms with van der Waals surface area (Å²) in [5, 5.41) is 2.83. The molecule has 5 aromatic rings. The predicted octanol–water partition coefficient (Wildman–Crippen LogP) is 6.87. The van der Waals surface area contributed by atoms with Crippen LogP contribution in [0.15, 0.2) is 133 Å². The highest BCUT2D eigenvalue weighted by Crippen LogP contribution is 2.69. The van der Waals surface area contributed by atoms with Crippen LogP contribution in [0.3, 0.4) is 0 Å². The Hall–Kier alpha value is -5.57. The highest BCUT2D eigenvalue weighted by molar-refractivity contribution is 6.36. The number of esters is 1. The molecule has 258 valence electrons. The van der Waals surface area contributed by atoms with E-state index in [1.807, 2.05) is 78.9 Å². The number of rotatable bonds is 9. The fraction of sp³-hybridized carbons (Fsp3) is 0.167. The van der Waals surface area contributed by atoms with E-state index >= 15 is 0 Å². The molecule has 10 heteroatoms. The minimum absolute atomic E-state index is 0.0356. The van der Waals surface area contributed by atoms with Crippen molar-refractivity contribution in [2.24, 2.45) is 11.8 Å². The molecular weight excluding hydrogens is 699 g/mol. The van der Waals surface area contributed by atoms with Crippen molar-refractivity contribution in [1.29, 1.82) is 0 Å². The Bertz CT molecular complexity index is 2140. The van der Waals surface area contributed by atoms with Gasteiger partial charge >= 0.3 is 5.97 Å². The van der Waals surface area contributed by atoms with Crippen LogP contribution in [0.4, 0.5) is 5.69 Å². The monoisotopic (exact) mass is 728 g/mol. The molecule has 5 aromatic carbocycles. The third-order valence-electron chi connectivity index (χ3n) is 10.3. The van der Waals surface area contributed by atoms with E-state index in [1.54, 1.807) is 30.3 Å². The summed E-state index contributed by atoms with van der Waals surface area (Å²) in [7, 11) is 0. The second kappa shape index (κ2) is 12.9. The fourth-order valence-corrected chi connectivity index (χ4v) is 9.07. The number of anilines is 1. The molecule has 3 atom stereocenters. The zero-order valence-corrected chi connectivity index (χ0v) is 29.0. The number of halogens is 2. The smallest absolute Gasteiger partial charge is 0.338 e. The highest BCUT2D eigenvalue weighted by Gasteiger charge is 2.73. The molecule has 0 radical (unpaired) electrons. The van der Waals surface area contributed by atoms with Gasteiger partial charge in [-0.05, 0) is 52.1 Å². The number of ketones is 1. The molecule has 1 saturated heterocycles. The molecule has 1 heterocycles. The molecule has 0 aromatic heterocycles. The quantitative estimate of drug-likeness (QED) is 0.0768. The number of nitrogens with zero attached hydrogens (tertiary/aromatic N) is 1. The van der Waals surface area contributed by atoms with E-state index in [0.717, 1.165) is 10.5 Å². The molecule has 8 nitrogen and oxygen atoms in total. The van der Waals surface area contributed by atoms with Gasteiger partial charge in [-0.3, -0.25) is 24.1 Å². The maximum absolute atomic E-state index is 14.7. The van der Waals surface area contributed by atoms with E-state index < -0.39 is 57.9 Å². The Morgan fingerprint density at radius 2 is 1.10 bits per heavy atom. The van der Waals surface area contributed by atoms with Gasteiger partial charge in [0.2, 0.25) is 17.7 Å². The lowest BCUT2D eigenvalue weighted by molar-refractivity contribution is -0.146. The zero-order valence-electron chi connectivity index (χ0n) is 27.5. The minimum atomic E-state index is -1.39. The third kappa shape index (κ3) is 5.16. The lowest BCUT2D eigenvalue weighted by Crippen LogP contribution is -2.57. The summed E-state index contributed by atoms with van der Waals surface area (Å²) < 4.78 is 5.21. The summed E-state index contributed by atoms with van der Waals surface area (Å²) in [6, 6.07) is 37.0. The largest absolute Gasteiger partial charge is 0.454 e. The van der Waals surface area contributed by atoms with Crippen molar-refractivity contribution in [3.05, 3.63) is 172 Å². The first-order valence-electron chi connectivity index (χ1n) is 16.8. The molecule has 0 spiro atoms. The number of hydrogen-bond acceptors (Lipinski definition) is 6. The molecule has 0 unspecified atom stereocenters. The average Bonchev–Trinajstić information content (AvgIpc) is 3.46. The van der Waals surface area contributed by atoms with Gasteiger partial charge in [0, 0.05) is 17.7 Å². The van der Waals surface area contributed by atoms with Crippen LogP contribution in [0.25, 0.3) is 0 Å². The van der Waals surface area contributed by atoms with Gasteiger partial charge in [0.25, 0.3) is 0 Å². The van der Waals surface area contributed by atoms with Crippen LogP contribution < -0.4 is 5.32 Å². The zero-order chi connectivity index (χ0) is 36.2. The maximum Gasteiger partial charge on any atom is 0.338 e. The number of Topliss-reactive ketones (excluding diaryl/α,β-unsaturated/α-hetero) is 1.